The maximum absolute atomic E-state index is 8.30. The van der Waals surface area contributed by atoms with Gasteiger partial charge in [-0.25, -0.2) is 4.98 Å². The number of rotatable bonds is 2. The molecule has 1 heterocycles. The number of aromatic nitrogens is 3. The minimum Gasteiger partial charge on any atom is -0.250 e. The molecule has 10 heavy (non-hydrogen) atoms. The Morgan fingerprint density at radius 3 is 3.10 bits per heavy atom. The molecule has 0 aromatic carbocycles. The molecule has 0 unspecified atom stereocenters. The lowest BCUT2D eigenvalue weighted by molar-refractivity contribution is 0.660. The normalized spacial score (nSPS) is 9.20. The van der Waals surface area contributed by atoms with E-state index in [1.165, 1.54) is 11.0 Å². The van der Waals surface area contributed by atoms with Crippen molar-refractivity contribution in [3.05, 3.63) is 12.2 Å². The highest BCUT2D eigenvalue weighted by atomic mass is 35.5. The highest BCUT2D eigenvalue weighted by molar-refractivity contribution is 6.17. The summed E-state index contributed by atoms with van der Waals surface area (Å²) in [4.78, 5) is 3.69. The zero-order chi connectivity index (χ0) is 7.40. The molecule has 0 spiro atoms. The zero-order valence-corrected chi connectivity index (χ0v) is 5.91. The number of aryl methyl sites for hydroxylation is 1. The summed E-state index contributed by atoms with van der Waals surface area (Å²) in [5.74, 6) is 0.666. The van der Waals surface area contributed by atoms with Gasteiger partial charge < -0.3 is 0 Å². The summed E-state index contributed by atoms with van der Waals surface area (Å²) in [6, 6.07) is 1.82. The lowest BCUT2D eigenvalue weighted by atomic mass is 10.7. The zero-order valence-electron chi connectivity index (χ0n) is 5.16. The third-order valence-corrected chi connectivity index (χ3v) is 1.12. The molecule has 0 fully saturated rings. The van der Waals surface area contributed by atoms with E-state index in [0.29, 0.717) is 12.4 Å². The van der Waals surface area contributed by atoms with Gasteiger partial charge in [0.2, 0.25) is 0 Å². The van der Waals surface area contributed by atoms with Gasteiger partial charge in [0, 0.05) is 5.88 Å². The van der Waals surface area contributed by atoms with E-state index in [9.17, 15) is 0 Å². The van der Waals surface area contributed by atoms with Crippen molar-refractivity contribution in [2.24, 2.45) is 0 Å². The van der Waals surface area contributed by atoms with Crippen LogP contribution in [-0.2, 0) is 6.54 Å². The maximum Gasteiger partial charge on any atom is 0.252 e. The van der Waals surface area contributed by atoms with Crippen LogP contribution in [0.25, 0.3) is 0 Å². The van der Waals surface area contributed by atoms with Gasteiger partial charge in [-0.15, -0.1) is 16.7 Å². The second-order valence-electron chi connectivity index (χ2n) is 1.63. The second-order valence-corrected chi connectivity index (χ2v) is 2.01. The molecule has 0 aliphatic carbocycles. The van der Waals surface area contributed by atoms with Gasteiger partial charge in [-0.2, -0.15) is 5.26 Å². The third-order valence-electron chi connectivity index (χ3n) is 0.950. The van der Waals surface area contributed by atoms with E-state index < -0.39 is 0 Å². The van der Waals surface area contributed by atoms with Crippen LogP contribution < -0.4 is 0 Å². The first kappa shape index (κ1) is 7.03. The molecular weight excluding hydrogens is 152 g/mol. The topological polar surface area (TPSA) is 54.5 Å². The van der Waals surface area contributed by atoms with Crippen molar-refractivity contribution in [1.29, 1.82) is 5.26 Å². The monoisotopic (exact) mass is 156 g/mol. The first-order valence-electron chi connectivity index (χ1n) is 2.72. The third kappa shape index (κ3) is 1.45. The van der Waals surface area contributed by atoms with E-state index in [1.807, 2.05) is 6.07 Å². The molecule has 1 aromatic heterocycles. The molecule has 0 aliphatic heterocycles. The number of halogens is 1. The van der Waals surface area contributed by atoms with E-state index in [-0.39, 0.29) is 5.82 Å². The Balaban J connectivity index is 2.71. The number of alkyl halides is 1. The Morgan fingerprint density at radius 2 is 2.60 bits per heavy atom. The molecule has 5 heteroatoms. The SMILES string of the molecule is N#Cc1ncn(CCCl)n1. The van der Waals surface area contributed by atoms with Crippen molar-refractivity contribution in [2.75, 3.05) is 5.88 Å². The predicted molar refractivity (Wildman–Crippen MR) is 35.5 cm³/mol. The standard InChI is InChI=1S/C5H5ClN4/c6-1-2-10-4-8-5(3-7)9-10/h4H,1-2H2. The van der Waals surface area contributed by atoms with E-state index >= 15 is 0 Å². The van der Waals surface area contributed by atoms with Crippen LogP contribution in [0.3, 0.4) is 0 Å². The molecule has 1 aromatic rings. The van der Waals surface area contributed by atoms with Crippen molar-refractivity contribution >= 4 is 11.6 Å². The Morgan fingerprint density at radius 1 is 1.80 bits per heavy atom. The van der Waals surface area contributed by atoms with Gasteiger partial charge in [-0.05, 0) is 0 Å². The van der Waals surface area contributed by atoms with E-state index in [0.717, 1.165) is 0 Å². The quantitative estimate of drug-likeness (QED) is 0.582. The smallest absolute Gasteiger partial charge is 0.250 e. The van der Waals surface area contributed by atoms with Gasteiger partial charge in [0.15, 0.2) is 0 Å². The minimum absolute atomic E-state index is 0.185. The fourth-order valence-electron chi connectivity index (χ4n) is 0.540. The summed E-state index contributed by atoms with van der Waals surface area (Å²) in [7, 11) is 0. The average Bonchev–Trinajstić information content (AvgIpc) is 2.37. The number of nitrogens with zero attached hydrogens (tertiary/aromatic N) is 4. The molecule has 0 atom stereocenters. The molecule has 4 nitrogen and oxygen atoms in total. The molecule has 0 aliphatic rings. The van der Waals surface area contributed by atoms with Crippen molar-refractivity contribution in [2.45, 2.75) is 6.54 Å². The van der Waals surface area contributed by atoms with Crippen LogP contribution in [0.4, 0.5) is 0 Å². The lowest BCUT2D eigenvalue weighted by Crippen LogP contribution is -1.99. The fourth-order valence-corrected chi connectivity index (χ4v) is 0.713. The van der Waals surface area contributed by atoms with Crippen LogP contribution in [0, 0.1) is 11.3 Å². The van der Waals surface area contributed by atoms with Gasteiger partial charge in [0.05, 0.1) is 6.54 Å². The summed E-state index contributed by atoms with van der Waals surface area (Å²) in [6.07, 6.45) is 1.49. The highest BCUT2D eigenvalue weighted by Crippen LogP contribution is 1.87. The van der Waals surface area contributed by atoms with Crippen molar-refractivity contribution < 1.29 is 0 Å². The van der Waals surface area contributed by atoms with E-state index in [4.69, 9.17) is 16.9 Å². The van der Waals surface area contributed by atoms with Gasteiger partial charge in [0.1, 0.15) is 12.4 Å². The molecule has 0 amide bonds. The lowest BCUT2D eigenvalue weighted by Gasteiger charge is -1.90. The molecule has 0 saturated heterocycles. The number of nitriles is 1. The predicted octanol–water partition coefficient (Wildman–Crippen LogP) is 0.389. The molecule has 0 bridgehead atoms. The van der Waals surface area contributed by atoms with E-state index in [1.54, 1.807) is 0 Å². The molecule has 0 radical (unpaired) electrons. The molecule has 52 valence electrons. The van der Waals surface area contributed by atoms with E-state index in [2.05, 4.69) is 10.1 Å². The van der Waals surface area contributed by atoms with Gasteiger partial charge in [-0.3, -0.25) is 4.68 Å². The molecule has 0 saturated carbocycles. The molecular formula is C5H5ClN4. The summed E-state index contributed by atoms with van der Waals surface area (Å²) in [6.45, 7) is 0.593. The molecule has 0 N–H and O–H groups in total. The number of hydrogen-bond donors (Lipinski definition) is 0. The number of hydrogen-bond acceptors (Lipinski definition) is 3. The van der Waals surface area contributed by atoms with Crippen molar-refractivity contribution in [1.82, 2.24) is 14.8 Å². The fraction of sp³-hybridized carbons (Fsp3) is 0.400. The van der Waals surface area contributed by atoms with Crippen LogP contribution in [0.5, 0.6) is 0 Å². The Labute approximate surface area is 63.0 Å². The molecule has 1 rings (SSSR count). The largest absolute Gasteiger partial charge is 0.252 e. The minimum atomic E-state index is 0.185. The van der Waals surface area contributed by atoms with Crippen LogP contribution in [-0.4, -0.2) is 20.6 Å². The first-order valence-corrected chi connectivity index (χ1v) is 3.26. The van der Waals surface area contributed by atoms with Crippen LogP contribution >= 0.6 is 11.6 Å². The maximum atomic E-state index is 8.30. The van der Waals surface area contributed by atoms with Crippen LogP contribution in [0.1, 0.15) is 5.82 Å². The second kappa shape index (κ2) is 3.18. The summed E-state index contributed by atoms with van der Waals surface area (Å²) >= 11 is 5.42. The Bertz CT molecular complexity index is 248. The van der Waals surface area contributed by atoms with Crippen molar-refractivity contribution in [3.8, 4) is 6.07 Å². The van der Waals surface area contributed by atoms with Crippen molar-refractivity contribution in [3.63, 3.8) is 0 Å². The first-order chi connectivity index (χ1) is 4.86. The van der Waals surface area contributed by atoms with Gasteiger partial charge in [-0.1, -0.05) is 0 Å². The summed E-state index contributed by atoms with van der Waals surface area (Å²) < 4.78 is 1.53. The highest BCUT2D eigenvalue weighted by Gasteiger charge is 1.95. The van der Waals surface area contributed by atoms with Gasteiger partial charge >= 0.3 is 0 Å². The van der Waals surface area contributed by atoms with Crippen LogP contribution in [0.15, 0.2) is 6.33 Å². The van der Waals surface area contributed by atoms with Crippen LogP contribution in [0.2, 0.25) is 0 Å². The Kier molecular flexibility index (Phi) is 2.24. The average molecular weight is 157 g/mol. The summed E-state index contributed by atoms with van der Waals surface area (Å²) in [5, 5.41) is 12.1. The summed E-state index contributed by atoms with van der Waals surface area (Å²) in [5.41, 5.74) is 0. The Hall–Kier alpha value is -1.08. The van der Waals surface area contributed by atoms with Gasteiger partial charge in [0.25, 0.3) is 5.82 Å².